The molecule has 0 fully saturated rings. The lowest BCUT2D eigenvalue weighted by atomic mass is 10.2. The molecular formula is C17H15N4O4S-. The van der Waals surface area contributed by atoms with Crippen LogP contribution < -0.4 is 9.84 Å². The van der Waals surface area contributed by atoms with E-state index in [1.165, 1.54) is 4.68 Å². The second-order valence-corrected chi connectivity index (χ2v) is 6.10. The number of carbonyl (C=O) groups is 1. The number of rotatable bonds is 7. The molecular weight excluding hydrogens is 356 g/mol. The number of aryl methyl sites for hydroxylation is 1. The number of aliphatic carboxylic acids is 1. The predicted molar refractivity (Wildman–Crippen MR) is 94.2 cm³/mol. The number of furan rings is 1. The van der Waals surface area contributed by atoms with Gasteiger partial charge >= 0.3 is 0 Å². The van der Waals surface area contributed by atoms with Crippen molar-refractivity contribution in [1.82, 2.24) is 14.9 Å². The Morgan fingerprint density at radius 2 is 2.19 bits per heavy atom. The van der Waals surface area contributed by atoms with Crippen LogP contribution in [-0.2, 0) is 4.79 Å². The fraction of sp³-hybridized carbons (Fsp3) is 0.176. The highest BCUT2D eigenvalue weighted by molar-refractivity contribution is 7.99. The Balaban J connectivity index is 2.02. The maximum atomic E-state index is 10.8. The van der Waals surface area contributed by atoms with Crippen molar-refractivity contribution in [1.29, 1.82) is 0 Å². The second-order valence-electron chi connectivity index (χ2n) is 5.16. The molecule has 8 nitrogen and oxygen atoms in total. The number of hydrogen-bond donors (Lipinski definition) is 0. The monoisotopic (exact) mass is 371 g/mol. The molecule has 0 saturated carbocycles. The van der Waals surface area contributed by atoms with Gasteiger partial charge in [-0.25, -0.2) is 0 Å². The van der Waals surface area contributed by atoms with Crippen LogP contribution in [0.5, 0.6) is 5.75 Å². The molecule has 0 saturated heterocycles. The van der Waals surface area contributed by atoms with Crippen LogP contribution in [0.15, 0.2) is 51.3 Å². The molecule has 0 aliphatic carbocycles. The van der Waals surface area contributed by atoms with Gasteiger partial charge in [0.15, 0.2) is 5.82 Å². The van der Waals surface area contributed by atoms with E-state index in [0.29, 0.717) is 22.5 Å². The topological polar surface area (TPSA) is 106 Å². The summed E-state index contributed by atoms with van der Waals surface area (Å²) in [5.41, 5.74) is 1.48. The van der Waals surface area contributed by atoms with Crippen molar-refractivity contribution in [2.45, 2.75) is 12.1 Å². The lowest BCUT2D eigenvalue weighted by Gasteiger charge is -2.06. The molecule has 0 bridgehead atoms. The minimum atomic E-state index is -1.20. The van der Waals surface area contributed by atoms with Gasteiger partial charge in [-0.3, -0.25) is 0 Å². The number of carboxylic acids is 1. The highest BCUT2D eigenvalue weighted by Gasteiger charge is 2.17. The first kappa shape index (κ1) is 17.7. The van der Waals surface area contributed by atoms with Gasteiger partial charge in [0.2, 0.25) is 5.16 Å². The number of thioether (sulfide) groups is 1. The minimum absolute atomic E-state index is 0.257. The first-order chi connectivity index (χ1) is 12.6. The molecule has 2 aromatic heterocycles. The van der Waals surface area contributed by atoms with E-state index in [1.54, 1.807) is 32.6 Å². The zero-order valence-corrected chi connectivity index (χ0v) is 14.9. The summed E-state index contributed by atoms with van der Waals surface area (Å²) in [6.45, 7) is 1.80. The number of carbonyl (C=O) groups excluding carboxylic acids is 1. The van der Waals surface area contributed by atoms with Gasteiger partial charge in [0, 0.05) is 11.3 Å². The average molecular weight is 371 g/mol. The van der Waals surface area contributed by atoms with E-state index in [9.17, 15) is 9.90 Å². The van der Waals surface area contributed by atoms with Crippen molar-refractivity contribution in [2.75, 3.05) is 12.9 Å². The summed E-state index contributed by atoms with van der Waals surface area (Å²) in [5, 5.41) is 23.7. The zero-order valence-electron chi connectivity index (χ0n) is 14.1. The summed E-state index contributed by atoms with van der Waals surface area (Å²) in [5.74, 6) is 0.312. The van der Waals surface area contributed by atoms with Gasteiger partial charge in [-0.2, -0.15) is 9.78 Å². The zero-order chi connectivity index (χ0) is 18.5. The van der Waals surface area contributed by atoms with Crippen LogP contribution in [-0.4, -0.2) is 39.9 Å². The van der Waals surface area contributed by atoms with Gasteiger partial charge < -0.3 is 19.1 Å². The third-order valence-electron chi connectivity index (χ3n) is 3.48. The first-order valence-corrected chi connectivity index (χ1v) is 8.58. The van der Waals surface area contributed by atoms with Gasteiger partial charge in [-0.05, 0) is 25.1 Å². The normalized spacial score (nSPS) is 11.2. The number of para-hydroxylation sites is 1. The highest BCUT2D eigenvalue weighted by Crippen LogP contribution is 2.27. The van der Waals surface area contributed by atoms with Gasteiger partial charge in [-0.1, -0.05) is 23.9 Å². The molecule has 9 heteroatoms. The average Bonchev–Trinajstić information content (AvgIpc) is 3.23. The van der Waals surface area contributed by atoms with Gasteiger partial charge in [-0.15, -0.1) is 10.2 Å². The summed E-state index contributed by atoms with van der Waals surface area (Å²) in [6, 6.07) is 9.14. The van der Waals surface area contributed by atoms with E-state index >= 15 is 0 Å². The smallest absolute Gasteiger partial charge is 0.212 e. The molecule has 26 heavy (non-hydrogen) atoms. The number of benzene rings is 1. The van der Waals surface area contributed by atoms with Crippen molar-refractivity contribution >= 4 is 23.9 Å². The maximum absolute atomic E-state index is 10.8. The van der Waals surface area contributed by atoms with Crippen molar-refractivity contribution < 1.29 is 19.1 Å². The fourth-order valence-electron chi connectivity index (χ4n) is 2.26. The van der Waals surface area contributed by atoms with Crippen LogP contribution in [0.3, 0.4) is 0 Å². The quantitative estimate of drug-likeness (QED) is 0.458. The number of methoxy groups -OCH3 is 1. The number of nitrogens with zero attached hydrogens (tertiary/aromatic N) is 4. The fourth-order valence-corrected chi connectivity index (χ4v) is 2.86. The second kappa shape index (κ2) is 7.87. The standard InChI is InChI=1S/C17H16N4O4S/c1-11-13(7-8-25-11)16-19-20-17(26-10-15(22)23)21(16)18-9-12-5-3-4-6-14(12)24-2/h3-9H,10H2,1-2H3,(H,22,23)/p-1/b18-9-. The molecule has 3 aromatic rings. The maximum Gasteiger partial charge on any atom is 0.212 e. The van der Waals surface area contributed by atoms with Crippen LogP contribution in [0, 0.1) is 6.92 Å². The Morgan fingerprint density at radius 3 is 2.88 bits per heavy atom. The minimum Gasteiger partial charge on any atom is -0.549 e. The van der Waals surface area contributed by atoms with E-state index < -0.39 is 5.97 Å². The molecule has 0 aliphatic rings. The first-order valence-electron chi connectivity index (χ1n) is 7.60. The summed E-state index contributed by atoms with van der Waals surface area (Å²) in [6.07, 6.45) is 3.14. The number of hydrogen-bond acceptors (Lipinski definition) is 8. The van der Waals surface area contributed by atoms with Gasteiger partial charge in [0.05, 0.1) is 31.1 Å². The number of ether oxygens (including phenoxy) is 1. The summed E-state index contributed by atoms with van der Waals surface area (Å²) < 4.78 is 12.1. The van der Waals surface area contributed by atoms with E-state index in [1.807, 2.05) is 24.3 Å². The Bertz CT molecular complexity index is 948. The SMILES string of the molecule is COc1ccccc1/C=N\n1c(SCC(=O)[O-])nnc1-c1ccoc1C. The molecule has 0 unspecified atom stereocenters. The van der Waals surface area contributed by atoms with Crippen LogP contribution in [0.1, 0.15) is 11.3 Å². The van der Waals surface area contributed by atoms with Crippen LogP contribution >= 0.6 is 11.8 Å². The lowest BCUT2D eigenvalue weighted by molar-refractivity contribution is -0.301. The number of aromatic nitrogens is 3. The molecule has 1 aromatic carbocycles. The van der Waals surface area contributed by atoms with Gasteiger partial charge in [0.25, 0.3) is 0 Å². The highest BCUT2D eigenvalue weighted by atomic mass is 32.2. The van der Waals surface area contributed by atoms with E-state index in [2.05, 4.69) is 15.3 Å². The van der Waals surface area contributed by atoms with Crippen LogP contribution in [0.4, 0.5) is 0 Å². The Kier molecular flexibility index (Phi) is 5.37. The van der Waals surface area contributed by atoms with Crippen molar-refractivity contribution in [2.24, 2.45) is 5.10 Å². The molecule has 0 radical (unpaired) electrons. The number of carboxylic acid groups (broad SMARTS) is 1. The molecule has 0 aliphatic heterocycles. The third-order valence-corrected chi connectivity index (χ3v) is 4.37. The van der Waals surface area contributed by atoms with Crippen LogP contribution in [0.25, 0.3) is 11.4 Å². The molecule has 0 amide bonds. The Labute approximate surface area is 153 Å². The largest absolute Gasteiger partial charge is 0.549 e. The summed E-state index contributed by atoms with van der Waals surface area (Å²) in [4.78, 5) is 10.8. The lowest BCUT2D eigenvalue weighted by Crippen LogP contribution is -2.24. The molecule has 3 rings (SSSR count). The summed E-state index contributed by atoms with van der Waals surface area (Å²) in [7, 11) is 1.58. The van der Waals surface area contributed by atoms with Crippen molar-refractivity contribution in [3.8, 4) is 17.1 Å². The molecule has 134 valence electrons. The third kappa shape index (κ3) is 3.77. The molecule has 0 atom stereocenters. The van der Waals surface area contributed by atoms with Crippen molar-refractivity contribution in [3.63, 3.8) is 0 Å². The van der Waals surface area contributed by atoms with E-state index in [4.69, 9.17) is 9.15 Å². The Morgan fingerprint density at radius 1 is 1.38 bits per heavy atom. The van der Waals surface area contributed by atoms with E-state index in [-0.39, 0.29) is 5.75 Å². The van der Waals surface area contributed by atoms with Crippen molar-refractivity contribution in [3.05, 3.63) is 47.9 Å². The summed E-state index contributed by atoms with van der Waals surface area (Å²) >= 11 is 0.976. The Hall–Kier alpha value is -3.07. The van der Waals surface area contributed by atoms with E-state index in [0.717, 1.165) is 22.9 Å². The molecule has 0 spiro atoms. The van der Waals surface area contributed by atoms with Gasteiger partial charge in [0.1, 0.15) is 11.5 Å². The predicted octanol–water partition coefficient (Wildman–Crippen LogP) is 1.58. The van der Waals surface area contributed by atoms with Crippen LogP contribution in [0.2, 0.25) is 0 Å². The molecule has 2 heterocycles. The molecule has 0 N–H and O–H groups in total.